The van der Waals surface area contributed by atoms with Crippen LogP contribution in [0.15, 0.2) is 28.7 Å². The van der Waals surface area contributed by atoms with Crippen LogP contribution in [0.2, 0.25) is 0 Å². The summed E-state index contributed by atoms with van der Waals surface area (Å²) in [7, 11) is 0. The van der Waals surface area contributed by atoms with Crippen molar-refractivity contribution in [2.24, 2.45) is 0 Å². The molecule has 1 unspecified atom stereocenters. The summed E-state index contributed by atoms with van der Waals surface area (Å²) in [4.78, 5) is 4.85. The Labute approximate surface area is 124 Å². The molecule has 0 aromatic heterocycles. The Bertz CT molecular complexity index is 399. The summed E-state index contributed by atoms with van der Waals surface area (Å²) in [5, 5.41) is 10.3. The Balaban J connectivity index is 1.90. The van der Waals surface area contributed by atoms with Gasteiger partial charge in [-0.3, -0.25) is 4.90 Å². The Morgan fingerprint density at radius 2 is 1.95 bits per heavy atom. The third-order valence-electron chi connectivity index (χ3n) is 3.79. The minimum Gasteiger partial charge on any atom is -0.387 e. The first-order valence-corrected chi connectivity index (χ1v) is 7.86. The van der Waals surface area contributed by atoms with Crippen LogP contribution in [-0.2, 0) is 0 Å². The molecule has 0 aliphatic carbocycles. The number of β-amino-alcohol motifs (C(OH)–C–C–N with tert-alkyl or cyclic N) is 1. The molecule has 1 saturated heterocycles. The number of hydrogen-bond donors (Lipinski definition) is 1. The summed E-state index contributed by atoms with van der Waals surface area (Å²) in [5.41, 5.74) is 0.992. The molecule has 0 spiro atoms. The van der Waals surface area contributed by atoms with Gasteiger partial charge in [0, 0.05) is 24.1 Å². The molecule has 0 amide bonds. The first-order chi connectivity index (χ1) is 9.19. The fourth-order valence-electron chi connectivity index (χ4n) is 2.59. The molecule has 0 bridgehead atoms. The monoisotopic (exact) mass is 326 g/mol. The Morgan fingerprint density at radius 3 is 2.68 bits per heavy atom. The molecule has 1 aliphatic heterocycles. The van der Waals surface area contributed by atoms with E-state index in [0.29, 0.717) is 0 Å². The lowest BCUT2D eigenvalue weighted by atomic mass is 10.1. The second-order valence-electron chi connectivity index (χ2n) is 5.16. The molecule has 0 radical (unpaired) electrons. The average Bonchev–Trinajstić information content (AvgIpc) is 2.64. The Hall–Kier alpha value is -0.420. The van der Waals surface area contributed by atoms with E-state index in [2.05, 4.69) is 32.7 Å². The lowest BCUT2D eigenvalue weighted by Gasteiger charge is -2.24. The number of benzene rings is 1. The number of halogens is 1. The Kier molecular flexibility index (Phi) is 5.82. The van der Waals surface area contributed by atoms with Gasteiger partial charge in [-0.1, -0.05) is 35.0 Å². The van der Waals surface area contributed by atoms with Crippen LogP contribution in [0.3, 0.4) is 0 Å². The smallest absolute Gasteiger partial charge is 0.0917 e. The van der Waals surface area contributed by atoms with Gasteiger partial charge in [0.25, 0.3) is 0 Å². The first kappa shape index (κ1) is 15.0. The number of rotatable bonds is 4. The van der Waals surface area contributed by atoms with Gasteiger partial charge < -0.3 is 10.0 Å². The number of likely N-dealkylation sites (N-methyl/N-ethyl adjacent to an activating group) is 1. The zero-order chi connectivity index (χ0) is 13.7. The van der Waals surface area contributed by atoms with Gasteiger partial charge in [0.1, 0.15) is 0 Å². The van der Waals surface area contributed by atoms with Crippen molar-refractivity contribution in [3.05, 3.63) is 34.3 Å². The van der Waals surface area contributed by atoms with Crippen LogP contribution in [0.1, 0.15) is 25.0 Å². The summed E-state index contributed by atoms with van der Waals surface area (Å²) >= 11 is 3.45. The van der Waals surface area contributed by atoms with Gasteiger partial charge in [0.15, 0.2) is 0 Å². The SMILES string of the molecule is CCN1CCCN(CC(O)c2cccc(Br)c2)CC1. The minimum atomic E-state index is -0.398. The molecule has 1 heterocycles. The molecule has 1 aliphatic rings. The van der Waals surface area contributed by atoms with Crippen molar-refractivity contribution in [2.75, 3.05) is 39.3 Å². The first-order valence-electron chi connectivity index (χ1n) is 7.07. The van der Waals surface area contributed by atoms with Gasteiger partial charge in [-0.2, -0.15) is 0 Å². The maximum Gasteiger partial charge on any atom is 0.0917 e. The van der Waals surface area contributed by atoms with Crippen molar-refractivity contribution in [2.45, 2.75) is 19.4 Å². The maximum atomic E-state index is 10.3. The van der Waals surface area contributed by atoms with Crippen molar-refractivity contribution in [3.63, 3.8) is 0 Å². The molecule has 1 N–H and O–H groups in total. The Morgan fingerprint density at radius 1 is 1.21 bits per heavy atom. The third-order valence-corrected chi connectivity index (χ3v) is 4.29. The summed E-state index contributed by atoms with van der Waals surface area (Å²) in [5.74, 6) is 0. The zero-order valence-corrected chi connectivity index (χ0v) is 13.1. The highest BCUT2D eigenvalue weighted by atomic mass is 79.9. The highest BCUT2D eigenvalue weighted by Gasteiger charge is 2.17. The third kappa shape index (κ3) is 4.56. The summed E-state index contributed by atoms with van der Waals surface area (Å²) < 4.78 is 1.03. The van der Waals surface area contributed by atoms with Crippen LogP contribution < -0.4 is 0 Å². The lowest BCUT2D eigenvalue weighted by molar-refractivity contribution is 0.115. The largest absolute Gasteiger partial charge is 0.387 e. The highest BCUT2D eigenvalue weighted by Crippen LogP contribution is 2.19. The van der Waals surface area contributed by atoms with Gasteiger partial charge >= 0.3 is 0 Å². The van der Waals surface area contributed by atoms with E-state index in [-0.39, 0.29) is 0 Å². The molecule has 0 saturated carbocycles. The molecule has 1 aromatic carbocycles. The van der Waals surface area contributed by atoms with Crippen LogP contribution in [0.4, 0.5) is 0 Å². The fraction of sp³-hybridized carbons (Fsp3) is 0.600. The van der Waals surface area contributed by atoms with E-state index >= 15 is 0 Å². The minimum absolute atomic E-state index is 0.398. The van der Waals surface area contributed by atoms with Crippen molar-refractivity contribution >= 4 is 15.9 Å². The summed E-state index contributed by atoms with van der Waals surface area (Å²) in [6.07, 6.45) is 0.796. The highest BCUT2D eigenvalue weighted by molar-refractivity contribution is 9.10. The second kappa shape index (κ2) is 7.39. The normalized spacial score (nSPS) is 20.2. The van der Waals surface area contributed by atoms with Gasteiger partial charge in [0.05, 0.1) is 6.10 Å². The van der Waals surface area contributed by atoms with Crippen LogP contribution in [-0.4, -0.2) is 54.2 Å². The topological polar surface area (TPSA) is 26.7 Å². The molecule has 1 fully saturated rings. The van der Waals surface area contributed by atoms with Gasteiger partial charge in [-0.25, -0.2) is 0 Å². The van der Waals surface area contributed by atoms with Gasteiger partial charge in [-0.05, 0) is 43.8 Å². The molecule has 19 heavy (non-hydrogen) atoms. The van der Waals surface area contributed by atoms with Crippen LogP contribution >= 0.6 is 15.9 Å². The second-order valence-corrected chi connectivity index (χ2v) is 6.07. The average molecular weight is 327 g/mol. The standard InChI is InChI=1S/C15H23BrN2O/c1-2-17-7-4-8-18(10-9-17)12-15(19)13-5-3-6-14(16)11-13/h3,5-6,11,15,19H,2,4,7-10,12H2,1H3. The number of nitrogens with zero attached hydrogens (tertiary/aromatic N) is 2. The molecule has 1 aromatic rings. The maximum absolute atomic E-state index is 10.3. The van der Waals surface area contributed by atoms with Crippen molar-refractivity contribution in [1.82, 2.24) is 9.80 Å². The van der Waals surface area contributed by atoms with E-state index < -0.39 is 6.10 Å². The van der Waals surface area contributed by atoms with E-state index in [1.165, 1.54) is 13.0 Å². The quantitative estimate of drug-likeness (QED) is 0.921. The van der Waals surface area contributed by atoms with Crippen LogP contribution in [0.5, 0.6) is 0 Å². The van der Waals surface area contributed by atoms with Crippen LogP contribution in [0, 0.1) is 0 Å². The molecule has 106 valence electrons. The summed E-state index contributed by atoms with van der Waals surface area (Å²) in [6.45, 7) is 8.50. The van der Waals surface area contributed by atoms with E-state index in [1.54, 1.807) is 0 Å². The molecule has 2 rings (SSSR count). The molecule has 1 atom stereocenters. The molecular formula is C15H23BrN2O. The predicted octanol–water partition coefficient (Wildman–Crippen LogP) is 2.51. The van der Waals surface area contributed by atoms with E-state index in [4.69, 9.17) is 0 Å². The number of aliphatic hydroxyl groups excluding tert-OH is 1. The lowest BCUT2D eigenvalue weighted by Crippen LogP contribution is -2.33. The van der Waals surface area contributed by atoms with Crippen molar-refractivity contribution in [3.8, 4) is 0 Å². The summed E-state index contributed by atoms with van der Waals surface area (Å²) in [6, 6.07) is 7.96. The molecular weight excluding hydrogens is 304 g/mol. The predicted molar refractivity (Wildman–Crippen MR) is 82.3 cm³/mol. The van der Waals surface area contributed by atoms with Crippen molar-refractivity contribution in [1.29, 1.82) is 0 Å². The molecule has 4 heteroatoms. The number of hydrogen-bond acceptors (Lipinski definition) is 3. The number of aliphatic hydroxyl groups is 1. The van der Waals surface area contributed by atoms with E-state index in [9.17, 15) is 5.11 Å². The van der Waals surface area contributed by atoms with Gasteiger partial charge in [-0.15, -0.1) is 0 Å². The fourth-order valence-corrected chi connectivity index (χ4v) is 3.00. The zero-order valence-electron chi connectivity index (χ0n) is 11.6. The van der Waals surface area contributed by atoms with Crippen LogP contribution in [0.25, 0.3) is 0 Å². The molecule has 3 nitrogen and oxygen atoms in total. The van der Waals surface area contributed by atoms with Crippen molar-refractivity contribution < 1.29 is 5.11 Å². The van der Waals surface area contributed by atoms with E-state index in [0.717, 1.165) is 42.8 Å². The van der Waals surface area contributed by atoms with E-state index in [1.807, 2.05) is 24.3 Å². The van der Waals surface area contributed by atoms with Gasteiger partial charge in [0.2, 0.25) is 0 Å².